The van der Waals surface area contributed by atoms with Crippen molar-refractivity contribution in [3.05, 3.63) is 59.2 Å². The highest BCUT2D eigenvalue weighted by Gasteiger charge is 2.25. The lowest BCUT2D eigenvalue weighted by Crippen LogP contribution is -2.26. The summed E-state index contributed by atoms with van der Waals surface area (Å²) < 4.78 is 11.3. The number of para-hydroxylation sites is 1. The van der Waals surface area contributed by atoms with Crippen molar-refractivity contribution in [3.63, 3.8) is 0 Å². The first-order valence-electron chi connectivity index (χ1n) is 8.91. The van der Waals surface area contributed by atoms with Gasteiger partial charge < -0.3 is 14.8 Å². The summed E-state index contributed by atoms with van der Waals surface area (Å²) in [6.07, 6.45) is 4.08. The van der Waals surface area contributed by atoms with Crippen molar-refractivity contribution < 1.29 is 14.3 Å². The van der Waals surface area contributed by atoms with Crippen molar-refractivity contribution in [2.24, 2.45) is 5.92 Å². The Labute approximate surface area is 148 Å². The molecule has 1 heterocycles. The van der Waals surface area contributed by atoms with Gasteiger partial charge in [-0.1, -0.05) is 24.3 Å². The van der Waals surface area contributed by atoms with E-state index in [1.54, 1.807) is 7.11 Å². The number of hydrogen-bond donors (Lipinski definition) is 1. The number of ether oxygens (including phenoxy) is 2. The van der Waals surface area contributed by atoms with Crippen molar-refractivity contribution >= 4 is 5.91 Å². The maximum absolute atomic E-state index is 12.2. The van der Waals surface area contributed by atoms with Gasteiger partial charge in [-0.2, -0.15) is 0 Å². The fourth-order valence-electron chi connectivity index (χ4n) is 3.42. The predicted octanol–water partition coefficient (Wildman–Crippen LogP) is 3.38. The molecule has 0 radical (unpaired) electrons. The summed E-state index contributed by atoms with van der Waals surface area (Å²) in [6.45, 7) is 0.672. The van der Waals surface area contributed by atoms with E-state index in [2.05, 4.69) is 17.4 Å². The number of benzene rings is 2. The fraction of sp³-hybridized carbons (Fsp3) is 0.381. The molecule has 1 atom stereocenters. The third-order valence-electron chi connectivity index (χ3n) is 4.88. The van der Waals surface area contributed by atoms with Crippen LogP contribution in [-0.4, -0.2) is 25.7 Å². The lowest BCUT2D eigenvalue weighted by atomic mass is 9.90. The van der Waals surface area contributed by atoms with Crippen LogP contribution in [0, 0.1) is 5.92 Å². The molecule has 4 rings (SSSR count). The molecule has 0 bridgehead atoms. The van der Waals surface area contributed by atoms with Crippen LogP contribution < -0.4 is 14.8 Å². The zero-order valence-corrected chi connectivity index (χ0v) is 14.5. The Hall–Kier alpha value is -2.49. The minimum absolute atomic E-state index is 0.0410. The molecule has 1 fully saturated rings. The van der Waals surface area contributed by atoms with E-state index in [0.717, 1.165) is 42.7 Å². The normalized spacial score (nSPS) is 18.8. The van der Waals surface area contributed by atoms with Crippen molar-refractivity contribution in [1.29, 1.82) is 0 Å². The van der Waals surface area contributed by atoms with Crippen LogP contribution in [0.3, 0.4) is 0 Å². The topological polar surface area (TPSA) is 47.6 Å². The molecular weight excluding hydrogens is 314 g/mol. The molecule has 0 aromatic heterocycles. The number of methoxy groups -OCH3 is 1. The minimum atomic E-state index is 0.0410. The van der Waals surface area contributed by atoms with E-state index in [4.69, 9.17) is 9.47 Å². The first kappa shape index (κ1) is 16.0. The number of carbonyl (C=O) groups excluding carboxylic acids is 1. The van der Waals surface area contributed by atoms with Gasteiger partial charge in [0.2, 0.25) is 0 Å². The van der Waals surface area contributed by atoms with E-state index in [1.165, 1.54) is 11.1 Å². The first-order valence-corrected chi connectivity index (χ1v) is 8.91. The molecule has 2 aliphatic rings. The molecule has 130 valence electrons. The highest BCUT2D eigenvalue weighted by Crippen LogP contribution is 2.36. The van der Waals surface area contributed by atoms with Crippen LogP contribution in [-0.2, 0) is 12.8 Å². The molecule has 1 amide bonds. The Morgan fingerprint density at radius 1 is 1.24 bits per heavy atom. The largest absolute Gasteiger partial charge is 0.493 e. The summed E-state index contributed by atoms with van der Waals surface area (Å²) >= 11 is 0. The first-order chi connectivity index (χ1) is 12.2. The van der Waals surface area contributed by atoms with Crippen LogP contribution >= 0.6 is 0 Å². The Morgan fingerprint density at radius 2 is 2.08 bits per heavy atom. The molecule has 4 heteroatoms. The van der Waals surface area contributed by atoms with Crippen LogP contribution in [0.4, 0.5) is 0 Å². The van der Waals surface area contributed by atoms with Gasteiger partial charge in [-0.05, 0) is 55.0 Å². The van der Waals surface area contributed by atoms with Gasteiger partial charge in [0.15, 0.2) is 11.5 Å². The molecule has 0 saturated heterocycles. The van der Waals surface area contributed by atoms with Crippen LogP contribution in [0.5, 0.6) is 11.5 Å². The van der Waals surface area contributed by atoms with Gasteiger partial charge in [-0.3, -0.25) is 4.79 Å². The van der Waals surface area contributed by atoms with E-state index in [9.17, 15) is 4.79 Å². The quantitative estimate of drug-likeness (QED) is 0.910. The minimum Gasteiger partial charge on any atom is -0.493 e. The lowest BCUT2D eigenvalue weighted by Gasteiger charge is -2.26. The number of hydrogen-bond acceptors (Lipinski definition) is 3. The highest BCUT2D eigenvalue weighted by molar-refractivity contribution is 5.94. The third-order valence-corrected chi connectivity index (χ3v) is 4.88. The molecule has 1 aliphatic carbocycles. The van der Waals surface area contributed by atoms with E-state index in [0.29, 0.717) is 18.6 Å². The Morgan fingerprint density at radius 3 is 2.88 bits per heavy atom. The van der Waals surface area contributed by atoms with Gasteiger partial charge in [-0.15, -0.1) is 0 Å². The second-order valence-electron chi connectivity index (χ2n) is 6.98. The maximum Gasteiger partial charge on any atom is 0.251 e. The zero-order valence-electron chi connectivity index (χ0n) is 14.5. The summed E-state index contributed by atoms with van der Waals surface area (Å²) in [5.41, 5.74) is 3.13. The van der Waals surface area contributed by atoms with Gasteiger partial charge in [0, 0.05) is 17.5 Å². The summed E-state index contributed by atoms with van der Waals surface area (Å²) in [6, 6.07) is 14.4. The summed E-state index contributed by atoms with van der Waals surface area (Å²) in [5, 5.41) is 3.05. The van der Waals surface area contributed by atoms with E-state index in [-0.39, 0.29) is 5.91 Å². The third kappa shape index (κ3) is 3.63. The standard InChI is InChI=1S/C21H23NO3/c1-24-19-7-3-5-16-12-15(13-25-20(16)19)10-14-4-2-6-17(11-14)21(23)22-18-8-9-18/h2-7,11,15,18H,8-10,12-13H2,1H3,(H,22,23)/t15-/m0/s1. The van der Waals surface area contributed by atoms with Crippen LogP contribution in [0.15, 0.2) is 42.5 Å². The Kier molecular flexibility index (Phi) is 4.35. The molecule has 0 unspecified atom stereocenters. The van der Waals surface area contributed by atoms with Gasteiger partial charge >= 0.3 is 0 Å². The van der Waals surface area contributed by atoms with Crippen molar-refractivity contribution in [2.45, 2.75) is 31.7 Å². The average Bonchev–Trinajstić information content (AvgIpc) is 3.45. The zero-order chi connectivity index (χ0) is 17.2. The second kappa shape index (κ2) is 6.79. The van der Waals surface area contributed by atoms with E-state index >= 15 is 0 Å². The number of nitrogens with one attached hydrogen (secondary N) is 1. The van der Waals surface area contributed by atoms with Crippen molar-refractivity contribution in [3.8, 4) is 11.5 Å². The van der Waals surface area contributed by atoms with Gasteiger partial charge in [0.05, 0.1) is 13.7 Å². The van der Waals surface area contributed by atoms with Gasteiger partial charge in [-0.25, -0.2) is 0 Å². The average molecular weight is 337 g/mol. The van der Waals surface area contributed by atoms with Gasteiger partial charge in [0.1, 0.15) is 0 Å². The van der Waals surface area contributed by atoms with E-state index in [1.807, 2.05) is 30.3 Å². The summed E-state index contributed by atoms with van der Waals surface area (Å²) in [7, 11) is 1.67. The molecule has 1 saturated carbocycles. The van der Waals surface area contributed by atoms with Gasteiger partial charge in [0.25, 0.3) is 5.91 Å². The number of fused-ring (bicyclic) bond motifs is 1. The molecule has 25 heavy (non-hydrogen) atoms. The van der Waals surface area contributed by atoms with E-state index < -0.39 is 0 Å². The molecule has 0 spiro atoms. The lowest BCUT2D eigenvalue weighted by molar-refractivity contribution is 0.0951. The van der Waals surface area contributed by atoms with Crippen LogP contribution in [0.25, 0.3) is 0 Å². The smallest absolute Gasteiger partial charge is 0.251 e. The summed E-state index contributed by atoms with van der Waals surface area (Å²) in [5.74, 6) is 2.12. The Balaban J connectivity index is 1.45. The molecule has 4 nitrogen and oxygen atoms in total. The highest BCUT2D eigenvalue weighted by atomic mass is 16.5. The monoisotopic (exact) mass is 337 g/mol. The molecule has 2 aromatic rings. The Bertz CT molecular complexity index is 782. The molecular formula is C21H23NO3. The number of rotatable bonds is 5. The maximum atomic E-state index is 12.2. The van der Waals surface area contributed by atoms with Crippen molar-refractivity contribution in [2.75, 3.05) is 13.7 Å². The summed E-state index contributed by atoms with van der Waals surface area (Å²) in [4.78, 5) is 12.2. The fourth-order valence-corrected chi connectivity index (χ4v) is 3.42. The SMILES string of the molecule is COc1cccc2c1OC[C@@H](Cc1cccc(C(=O)NC3CC3)c1)C2. The number of amides is 1. The van der Waals surface area contributed by atoms with Crippen molar-refractivity contribution in [1.82, 2.24) is 5.32 Å². The molecule has 1 N–H and O–H groups in total. The molecule has 1 aliphatic heterocycles. The van der Waals surface area contributed by atoms with Crippen LogP contribution in [0.2, 0.25) is 0 Å². The second-order valence-corrected chi connectivity index (χ2v) is 6.98. The molecule has 2 aromatic carbocycles. The predicted molar refractivity (Wildman–Crippen MR) is 96.3 cm³/mol. The number of carbonyl (C=O) groups is 1. The van der Waals surface area contributed by atoms with Crippen LogP contribution in [0.1, 0.15) is 34.3 Å².